The van der Waals surface area contributed by atoms with E-state index in [0.29, 0.717) is 12.0 Å². The number of nitrogens with one attached hydrogen (secondary N) is 1. The third-order valence-corrected chi connectivity index (χ3v) is 3.56. The molecule has 0 aliphatic rings. The molecule has 1 amide bonds. The van der Waals surface area contributed by atoms with Gasteiger partial charge in [-0.25, -0.2) is 4.79 Å². The quantitative estimate of drug-likeness (QED) is 0.857. The molecule has 4 heteroatoms. The number of benzene rings is 2. The predicted octanol–water partition coefficient (Wildman–Crippen LogP) is 3.58. The molecule has 0 radical (unpaired) electrons. The van der Waals surface area contributed by atoms with Crippen molar-refractivity contribution in [1.29, 1.82) is 0 Å². The fraction of sp³-hybridized carbons (Fsp3) is 0.263. The zero-order valence-electron chi connectivity index (χ0n) is 13.3. The second kappa shape index (κ2) is 7.58. The van der Waals surface area contributed by atoms with Crippen LogP contribution < -0.4 is 5.32 Å². The van der Waals surface area contributed by atoms with E-state index in [1.54, 1.807) is 12.1 Å². The summed E-state index contributed by atoms with van der Waals surface area (Å²) in [6.45, 7) is 3.85. The number of hydrogen-bond donors (Lipinski definition) is 2. The summed E-state index contributed by atoms with van der Waals surface area (Å²) in [5, 5.41) is 11.8. The lowest BCUT2D eigenvalue weighted by Gasteiger charge is -2.16. The van der Waals surface area contributed by atoms with Crippen LogP contribution in [0.25, 0.3) is 11.1 Å². The van der Waals surface area contributed by atoms with Gasteiger partial charge in [-0.05, 0) is 35.6 Å². The number of carbonyl (C=O) groups excluding carboxylic acids is 1. The second-order valence-electron chi connectivity index (χ2n) is 5.94. The first-order valence-corrected chi connectivity index (χ1v) is 7.66. The van der Waals surface area contributed by atoms with Gasteiger partial charge in [-0.1, -0.05) is 56.3 Å². The first kappa shape index (κ1) is 16.7. The van der Waals surface area contributed by atoms with E-state index in [0.717, 1.165) is 11.1 Å². The van der Waals surface area contributed by atoms with Crippen molar-refractivity contribution in [2.75, 3.05) is 0 Å². The van der Waals surface area contributed by atoms with Crippen LogP contribution in [0.5, 0.6) is 0 Å². The fourth-order valence-corrected chi connectivity index (χ4v) is 2.38. The lowest BCUT2D eigenvalue weighted by molar-refractivity contribution is -0.139. The van der Waals surface area contributed by atoms with Crippen molar-refractivity contribution >= 4 is 11.9 Å². The van der Waals surface area contributed by atoms with E-state index in [1.807, 2.05) is 56.3 Å². The van der Waals surface area contributed by atoms with Gasteiger partial charge in [-0.15, -0.1) is 0 Å². The van der Waals surface area contributed by atoms with E-state index >= 15 is 0 Å². The van der Waals surface area contributed by atoms with Gasteiger partial charge in [0.25, 0.3) is 5.91 Å². The van der Waals surface area contributed by atoms with Gasteiger partial charge in [0.15, 0.2) is 0 Å². The molecule has 2 aromatic rings. The van der Waals surface area contributed by atoms with Gasteiger partial charge in [0.05, 0.1) is 0 Å². The summed E-state index contributed by atoms with van der Waals surface area (Å²) < 4.78 is 0. The number of aliphatic carboxylic acids is 1. The van der Waals surface area contributed by atoms with Gasteiger partial charge < -0.3 is 10.4 Å². The molecule has 2 N–H and O–H groups in total. The summed E-state index contributed by atoms with van der Waals surface area (Å²) >= 11 is 0. The van der Waals surface area contributed by atoms with Crippen LogP contribution in [0.3, 0.4) is 0 Å². The Labute approximate surface area is 136 Å². The zero-order chi connectivity index (χ0) is 16.8. The molecular weight excluding hydrogens is 290 g/mol. The standard InChI is InChI=1S/C19H21NO3/c1-13(2)12-17(19(22)23)20-18(21)16-10-8-15(9-11-16)14-6-4-3-5-7-14/h3-11,13,17H,12H2,1-2H3,(H,20,21)(H,22,23)/t17-/m0/s1. The van der Waals surface area contributed by atoms with Crippen molar-refractivity contribution in [3.05, 3.63) is 60.2 Å². The summed E-state index contributed by atoms with van der Waals surface area (Å²) in [5.74, 6) is -1.18. The van der Waals surface area contributed by atoms with Crippen LogP contribution in [-0.4, -0.2) is 23.0 Å². The third-order valence-electron chi connectivity index (χ3n) is 3.56. The van der Waals surface area contributed by atoms with Crippen LogP contribution in [0.1, 0.15) is 30.6 Å². The molecule has 120 valence electrons. The van der Waals surface area contributed by atoms with E-state index in [1.165, 1.54) is 0 Å². The van der Waals surface area contributed by atoms with Crippen LogP contribution in [0.2, 0.25) is 0 Å². The maximum absolute atomic E-state index is 12.2. The van der Waals surface area contributed by atoms with E-state index in [9.17, 15) is 14.7 Å². The maximum atomic E-state index is 12.2. The number of carbonyl (C=O) groups is 2. The zero-order valence-corrected chi connectivity index (χ0v) is 13.3. The summed E-state index contributed by atoms with van der Waals surface area (Å²) in [7, 11) is 0. The van der Waals surface area contributed by atoms with Gasteiger partial charge in [-0.2, -0.15) is 0 Å². The summed E-state index contributed by atoms with van der Waals surface area (Å²) in [6, 6.07) is 16.2. The first-order valence-electron chi connectivity index (χ1n) is 7.66. The number of rotatable bonds is 6. The molecule has 0 heterocycles. The Balaban J connectivity index is 2.09. The highest BCUT2D eigenvalue weighted by Gasteiger charge is 2.21. The van der Waals surface area contributed by atoms with Gasteiger partial charge in [0, 0.05) is 5.56 Å². The molecule has 23 heavy (non-hydrogen) atoms. The Morgan fingerprint density at radius 2 is 1.52 bits per heavy atom. The van der Waals surface area contributed by atoms with Gasteiger partial charge in [0.2, 0.25) is 0 Å². The third kappa shape index (κ3) is 4.68. The number of carboxylic acid groups (broad SMARTS) is 1. The average Bonchev–Trinajstić information content (AvgIpc) is 2.54. The predicted molar refractivity (Wildman–Crippen MR) is 90.2 cm³/mol. The molecule has 0 unspecified atom stereocenters. The highest BCUT2D eigenvalue weighted by atomic mass is 16.4. The van der Waals surface area contributed by atoms with Crippen molar-refractivity contribution in [2.24, 2.45) is 5.92 Å². The largest absolute Gasteiger partial charge is 0.480 e. The minimum absolute atomic E-state index is 0.192. The lowest BCUT2D eigenvalue weighted by Crippen LogP contribution is -2.41. The molecule has 1 atom stereocenters. The first-order chi connectivity index (χ1) is 11.0. The van der Waals surface area contributed by atoms with E-state index in [2.05, 4.69) is 5.32 Å². The SMILES string of the molecule is CC(C)C[C@H](NC(=O)c1ccc(-c2ccccc2)cc1)C(=O)O. The van der Waals surface area contributed by atoms with E-state index in [-0.39, 0.29) is 11.8 Å². The molecule has 2 rings (SSSR count). The van der Waals surface area contributed by atoms with Crippen molar-refractivity contribution in [2.45, 2.75) is 26.3 Å². The molecule has 0 aromatic heterocycles. The number of carboxylic acids is 1. The Bertz CT molecular complexity index is 663. The number of amides is 1. The summed E-state index contributed by atoms with van der Waals surface area (Å²) in [4.78, 5) is 23.4. The molecule has 0 aliphatic carbocycles. The van der Waals surface area contributed by atoms with Crippen LogP contribution in [0.4, 0.5) is 0 Å². The van der Waals surface area contributed by atoms with Crippen molar-refractivity contribution < 1.29 is 14.7 Å². The maximum Gasteiger partial charge on any atom is 0.326 e. The van der Waals surface area contributed by atoms with Crippen LogP contribution in [0.15, 0.2) is 54.6 Å². The molecule has 2 aromatic carbocycles. The Kier molecular flexibility index (Phi) is 5.52. The van der Waals surface area contributed by atoms with Crippen LogP contribution in [-0.2, 0) is 4.79 Å². The minimum atomic E-state index is -1.01. The monoisotopic (exact) mass is 311 g/mol. The van der Waals surface area contributed by atoms with Crippen molar-refractivity contribution in [3.63, 3.8) is 0 Å². The summed E-state index contributed by atoms with van der Waals surface area (Å²) in [5.41, 5.74) is 2.54. The lowest BCUT2D eigenvalue weighted by atomic mass is 10.0. The molecule has 4 nitrogen and oxygen atoms in total. The molecule has 0 spiro atoms. The molecular formula is C19H21NO3. The molecule has 0 bridgehead atoms. The Morgan fingerprint density at radius 1 is 0.957 bits per heavy atom. The van der Waals surface area contributed by atoms with E-state index < -0.39 is 12.0 Å². The summed E-state index contributed by atoms with van der Waals surface area (Å²) in [6.07, 6.45) is 0.406. The number of hydrogen-bond acceptors (Lipinski definition) is 2. The Morgan fingerprint density at radius 3 is 2.04 bits per heavy atom. The smallest absolute Gasteiger partial charge is 0.326 e. The average molecular weight is 311 g/mol. The Hall–Kier alpha value is -2.62. The fourth-order valence-electron chi connectivity index (χ4n) is 2.38. The highest BCUT2D eigenvalue weighted by Crippen LogP contribution is 2.19. The van der Waals surface area contributed by atoms with Crippen LogP contribution >= 0.6 is 0 Å². The van der Waals surface area contributed by atoms with Gasteiger partial charge >= 0.3 is 5.97 Å². The second-order valence-corrected chi connectivity index (χ2v) is 5.94. The van der Waals surface area contributed by atoms with Crippen molar-refractivity contribution in [1.82, 2.24) is 5.32 Å². The topological polar surface area (TPSA) is 66.4 Å². The normalized spacial score (nSPS) is 12.0. The highest BCUT2D eigenvalue weighted by molar-refractivity contribution is 5.97. The van der Waals surface area contributed by atoms with E-state index in [4.69, 9.17) is 0 Å². The molecule has 0 saturated heterocycles. The molecule has 0 fully saturated rings. The van der Waals surface area contributed by atoms with Crippen LogP contribution in [0, 0.1) is 5.92 Å². The van der Waals surface area contributed by atoms with Gasteiger partial charge in [0.1, 0.15) is 6.04 Å². The molecule has 0 aliphatic heterocycles. The van der Waals surface area contributed by atoms with Crippen molar-refractivity contribution in [3.8, 4) is 11.1 Å². The minimum Gasteiger partial charge on any atom is -0.480 e. The van der Waals surface area contributed by atoms with Gasteiger partial charge in [-0.3, -0.25) is 4.79 Å². The molecule has 0 saturated carbocycles.